The molecule has 0 radical (unpaired) electrons. The lowest BCUT2D eigenvalue weighted by molar-refractivity contribution is 0.185. The van der Waals surface area contributed by atoms with Crippen LogP contribution in [-0.4, -0.2) is 29.1 Å². The molecule has 3 rings (SSSR count). The molecule has 1 aliphatic rings. The fourth-order valence-corrected chi connectivity index (χ4v) is 3.65. The number of benzene rings is 1. The van der Waals surface area contributed by atoms with Crippen molar-refractivity contribution in [1.29, 1.82) is 0 Å². The van der Waals surface area contributed by atoms with Crippen LogP contribution in [0.4, 0.5) is 10.5 Å². The Morgan fingerprint density at radius 1 is 1.35 bits per heavy atom. The Morgan fingerprint density at radius 3 is 2.74 bits per heavy atom. The zero-order chi connectivity index (χ0) is 16.1. The lowest BCUT2D eigenvalue weighted by Gasteiger charge is -2.28. The van der Waals surface area contributed by atoms with Gasteiger partial charge in [-0.2, -0.15) is 0 Å². The molecule has 0 unspecified atom stereocenters. The van der Waals surface area contributed by atoms with Gasteiger partial charge in [0.05, 0.1) is 13.7 Å². The Hall–Kier alpha value is -2.08. The van der Waals surface area contributed by atoms with Crippen molar-refractivity contribution in [3.63, 3.8) is 0 Å². The second-order valence-electron chi connectivity index (χ2n) is 5.66. The number of nitrogens with one attached hydrogen (secondary N) is 1. The first-order valence-electron chi connectivity index (χ1n) is 7.87. The number of ether oxygens (including phenoxy) is 1. The Morgan fingerprint density at radius 2 is 2.09 bits per heavy atom. The number of nitrogens with zero attached hydrogens (tertiary/aromatic N) is 2. The molecule has 0 aliphatic heterocycles. The van der Waals surface area contributed by atoms with Crippen molar-refractivity contribution >= 4 is 23.1 Å². The van der Waals surface area contributed by atoms with E-state index in [0.29, 0.717) is 17.8 Å². The third-order valence-corrected chi connectivity index (χ3v) is 5.03. The van der Waals surface area contributed by atoms with Gasteiger partial charge in [-0.15, -0.1) is 0 Å². The first-order valence-corrected chi connectivity index (χ1v) is 8.69. The number of amides is 2. The van der Waals surface area contributed by atoms with Crippen LogP contribution in [0.15, 0.2) is 36.5 Å². The minimum atomic E-state index is -0.0459. The van der Waals surface area contributed by atoms with Crippen LogP contribution in [-0.2, 0) is 6.54 Å². The number of aromatic nitrogens is 1. The zero-order valence-corrected chi connectivity index (χ0v) is 14.0. The molecular formula is C17H21N3O2S. The third-order valence-electron chi connectivity index (χ3n) is 4.08. The van der Waals surface area contributed by atoms with E-state index >= 15 is 0 Å². The molecule has 1 aromatic carbocycles. The number of anilines is 1. The summed E-state index contributed by atoms with van der Waals surface area (Å²) in [4.78, 5) is 19.9. The average molecular weight is 331 g/mol. The maximum Gasteiger partial charge on any atom is 0.322 e. The van der Waals surface area contributed by atoms with Crippen molar-refractivity contribution in [3.05, 3.63) is 41.4 Å². The molecule has 6 heteroatoms. The molecule has 5 nitrogen and oxygen atoms in total. The van der Waals surface area contributed by atoms with E-state index in [0.717, 1.165) is 23.4 Å². The number of rotatable bonds is 5. The molecule has 0 bridgehead atoms. The molecule has 2 aromatic rings. The Labute approximate surface area is 140 Å². The van der Waals surface area contributed by atoms with Crippen molar-refractivity contribution in [3.8, 4) is 5.19 Å². The van der Waals surface area contributed by atoms with Crippen LogP contribution in [0.3, 0.4) is 0 Å². The Kier molecular flexibility index (Phi) is 5.12. The van der Waals surface area contributed by atoms with Crippen LogP contribution in [0.25, 0.3) is 0 Å². The Balaban J connectivity index is 1.73. The fraction of sp³-hybridized carbons (Fsp3) is 0.412. The SMILES string of the molecule is COc1ncc(CN(C(=O)Nc2ccccc2)C2CCCC2)s1. The molecule has 1 aromatic heterocycles. The van der Waals surface area contributed by atoms with E-state index in [1.165, 1.54) is 24.2 Å². The summed E-state index contributed by atoms with van der Waals surface area (Å²) >= 11 is 1.49. The van der Waals surface area contributed by atoms with E-state index in [2.05, 4.69) is 10.3 Å². The number of carbonyl (C=O) groups is 1. The molecule has 1 saturated carbocycles. The summed E-state index contributed by atoms with van der Waals surface area (Å²) in [5.74, 6) is 0. The monoisotopic (exact) mass is 331 g/mol. The van der Waals surface area contributed by atoms with E-state index in [-0.39, 0.29) is 6.03 Å². The predicted molar refractivity (Wildman–Crippen MR) is 91.9 cm³/mol. The van der Waals surface area contributed by atoms with Crippen LogP contribution in [0.1, 0.15) is 30.6 Å². The predicted octanol–water partition coefficient (Wildman–Crippen LogP) is 4.13. The summed E-state index contributed by atoms with van der Waals surface area (Å²) in [6.07, 6.45) is 6.30. The van der Waals surface area contributed by atoms with E-state index in [9.17, 15) is 4.79 Å². The van der Waals surface area contributed by atoms with Gasteiger partial charge in [0.1, 0.15) is 0 Å². The van der Waals surface area contributed by atoms with Gasteiger partial charge in [0.2, 0.25) is 0 Å². The van der Waals surface area contributed by atoms with Gasteiger partial charge >= 0.3 is 6.03 Å². The molecule has 122 valence electrons. The summed E-state index contributed by atoms with van der Waals surface area (Å²) < 4.78 is 5.15. The summed E-state index contributed by atoms with van der Waals surface area (Å²) in [6, 6.07) is 9.84. The molecule has 1 fully saturated rings. The number of methoxy groups -OCH3 is 1. The van der Waals surface area contributed by atoms with Crippen molar-refractivity contribution < 1.29 is 9.53 Å². The van der Waals surface area contributed by atoms with E-state index in [1.54, 1.807) is 13.3 Å². The summed E-state index contributed by atoms with van der Waals surface area (Å²) in [7, 11) is 1.61. The van der Waals surface area contributed by atoms with Crippen LogP contribution < -0.4 is 10.1 Å². The molecule has 0 spiro atoms. The highest BCUT2D eigenvalue weighted by atomic mass is 32.1. The standard InChI is InChI=1S/C17H21N3O2S/c1-22-17-18-11-15(23-17)12-20(14-9-5-6-10-14)16(21)19-13-7-3-2-4-8-13/h2-4,7-8,11,14H,5-6,9-10,12H2,1H3,(H,19,21). The first kappa shape index (κ1) is 15.8. The van der Waals surface area contributed by atoms with Gasteiger partial charge in [0, 0.05) is 22.8 Å². The zero-order valence-electron chi connectivity index (χ0n) is 13.2. The Bertz CT molecular complexity index is 638. The molecule has 1 aliphatic carbocycles. The number of hydrogen-bond donors (Lipinski definition) is 1. The van der Waals surface area contributed by atoms with Gasteiger partial charge in [-0.05, 0) is 25.0 Å². The maximum atomic E-state index is 12.7. The highest BCUT2D eigenvalue weighted by Gasteiger charge is 2.27. The van der Waals surface area contributed by atoms with E-state index in [1.807, 2.05) is 35.2 Å². The lowest BCUT2D eigenvalue weighted by atomic mass is 10.2. The summed E-state index contributed by atoms with van der Waals surface area (Å²) in [6.45, 7) is 0.574. The van der Waals surface area contributed by atoms with Crippen LogP contribution in [0, 0.1) is 0 Å². The first-order chi connectivity index (χ1) is 11.3. The molecule has 2 amide bonds. The number of urea groups is 1. The number of carbonyl (C=O) groups excluding carboxylic acids is 1. The molecule has 1 heterocycles. The normalized spacial score (nSPS) is 14.7. The highest BCUT2D eigenvalue weighted by Crippen LogP contribution is 2.28. The average Bonchev–Trinajstić information content (AvgIpc) is 3.25. The van der Waals surface area contributed by atoms with E-state index < -0.39 is 0 Å². The maximum absolute atomic E-state index is 12.7. The molecule has 0 atom stereocenters. The van der Waals surface area contributed by atoms with E-state index in [4.69, 9.17) is 4.74 Å². The highest BCUT2D eigenvalue weighted by molar-refractivity contribution is 7.13. The van der Waals surface area contributed by atoms with Gasteiger partial charge in [0.15, 0.2) is 0 Å². The van der Waals surface area contributed by atoms with Crippen molar-refractivity contribution in [2.45, 2.75) is 38.3 Å². The van der Waals surface area contributed by atoms with Gasteiger partial charge in [-0.1, -0.05) is 42.4 Å². The number of para-hydroxylation sites is 1. The van der Waals surface area contributed by atoms with Crippen LogP contribution in [0.5, 0.6) is 5.19 Å². The van der Waals surface area contributed by atoms with Crippen molar-refractivity contribution in [2.75, 3.05) is 12.4 Å². The topological polar surface area (TPSA) is 54.5 Å². The molecule has 23 heavy (non-hydrogen) atoms. The third kappa shape index (κ3) is 4.01. The second-order valence-corrected chi connectivity index (χ2v) is 6.74. The molecule has 0 saturated heterocycles. The molecular weight excluding hydrogens is 310 g/mol. The fourth-order valence-electron chi connectivity index (χ4n) is 2.92. The quantitative estimate of drug-likeness (QED) is 0.896. The van der Waals surface area contributed by atoms with Gasteiger partial charge < -0.3 is 15.0 Å². The number of thiazole rings is 1. The van der Waals surface area contributed by atoms with Gasteiger partial charge in [0.25, 0.3) is 5.19 Å². The second kappa shape index (κ2) is 7.46. The van der Waals surface area contributed by atoms with Crippen molar-refractivity contribution in [1.82, 2.24) is 9.88 Å². The lowest BCUT2D eigenvalue weighted by Crippen LogP contribution is -2.40. The van der Waals surface area contributed by atoms with Gasteiger partial charge in [-0.3, -0.25) is 0 Å². The van der Waals surface area contributed by atoms with Gasteiger partial charge in [-0.25, -0.2) is 9.78 Å². The number of hydrogen-bond acceptors (Lipinski definition) is 4. The van der Waals surface area contributed by atoms with Crippen LogP contribution >= 0.6 is 11.3 Å². The largest absolute Gasteiger partial charge is 0.473 e. The summed E-state index contributed by atoms with van der Waals surface area (Å²) in [5, 5.41) is 3.63. The van der Waals surface area contributed by atoms with Crippen molar-refractivity contribution in [2.24, 2.45) is 0 Å². The molecule has 1 N–H and O–H groups in total. The minimum absolute atomic E-state index is 0.0459. The smallest absolute Gasteiger partial charge is 0.322 e. The summed E-state index contributed by atoms with van der Waals surface area (Å²) in [5.41, 5.74) is 0.822. The minimum Gasteiger partial charge on any atom is -0.473 e. The van der Waals surface area contributed by atoms with Crippen LogP contribution in [0.2, 0.25) is 0 Å².